The number of carbonyl (C=O) groups is 2. The largest absolute Gasteiger partial charge is 0.350 e. The molecule has 0 saturated carbocycles. The second-order valence-corrected chi connectivity index (χ2v) is 6.84. The minimum atomic E-state index is -0.793. The van der Waals surface area contributed by atoms with Gasteiger partial charge in [0.15, 0.2) is 5.71 Å². The van der Waals surface area contributed by atoms with Crippen LogP contribution in [0, 0.1) is 6.92 Å². The third-order valence-electron chi connectivity index (χ3n) is 4.33. The van der Waals surface area contributed by atoms with Crippen molar-refractivity contribution in [2.45, 2.75) is 46.7 Å². The minimum Gasteiger partial charge on any atom is -0.350 e. The Morgan fingerprint density at radius 3 is 2.48 bits per heavy atom. The lowest BCUT2D eigenvalue weighted by Gasteiger charge is -2.32. The molecule has 0 radical (unpaired) electrons. The van der Waals surface area contributed by atoms with Gasteiger partial charge in [-0.1, -0.05) is 11.6 Å². The van der Waals surface area contributed by atoms with Crippen molar-refractivity contribution in [2.75, 3.05) is 18.0 Å². The standard InChI is InChI=1S/C18H27N5O2/c1-11(2)22(12(3)4)8-9-23-15-7-6-13(5)10-14(15)16(17(23)24)20-21-18(19)25/h6-7,10-12H,8-9H2,1-5H3,(H3,19,21,25). The monoisotopic (exact) mass is 345 g/mol. The van der Waals surface area contributed by atoms with Gasteiger partial charge in [-0.2, -0.15) is 5.10 Å². The van der Waals surface area contributed by atoms with Crippen LogP contribution in [0.25, 0.3) is 0 Å². The van der Waals surface area contributed by atoms with Crippen molar-refractivity contribution < 1.29 is 9.59 Å². The third-order valence-corrected chi connectivity index (χ3v) is 4.33. The van der Waals surface area contributed by atoms with Crippen LogP contribution in [0.2, 0.25) is 0 Å². The maximum absolute atomic E-state index is 12.8. The van der Waals surface area contributed by atoms with E-state index in [0.29, 0.717) is 18.6 Å². The lowest BCUT2D eigenvalue weighted by atomic mass is 10.1. The zero-order valence-corrected chi connectivity index (χ0v) is 15.5. The first kappa shape index (κ1) is 18.9. The van der Waals surface area contributed by atoms with Gasteiger partial charge in [0.1, 0.15) is 0 Å². The molecule has 0 saturated heterocycles. The second kappa shape index (κ2) is 7.65. The predicted molar refractivity (Wildman–Crippen MR) is 99.8 cm³/mol. The first-order valence-corrected chi connectivity index (χ1v) is 8.54. The highest BCUT2D eigenvalue weighted by atomic mass is 16.2. The summed E-state index contributed by atoms with van der Waals surface area (Å²) >= 11 is 0. The maximum atomic E-state index is 12.8. The fourth-order valence-electron chi connectivity index (χ4n) is 3.20. The van der Waals surface area contributed by atoms with Gasteiger partial charge in [0.2, 0.25) is 0 Å². The molecule has 1 aromatic rings. The van der Waals surface area contributed by atoms with Gasteiger partial charge in [-0.15, -0.1) is 0 Å². The highest BCUT2D eigenvalue weighted by Crippen LogP contribution is 2.30. The van der Waals surface area contributed by atoms with Crippen LogP contribution >= 0.6 is 0 Å². The average Bonchev–Trinajstić information content (AvgIpc) is 2.76. The molecule has 2 rings (SSSR count). The number of aryl methyl sites for hydroxylation is 1. The number of nitrogens with zero attached hydrogens (tertiary/aromatic N) is 3. The Labute approximate surface area is 148 Å². The zero-order chi connectivity index (χ0) is 18.7. The molecule has 1 aliphatic rings. The molecule has 136 valence electrons. The van der Waals surface area contributed by atoms with Crippen LogP contribution in [0.5, 0.6) is 0 Å². The lowest BCUT2D eigenvalue weighted by Crippen LogP contribution is -2.44. The molecule has 0 atom stereocenters. The van der Waals surface area contributed by atoms with Crippen LogP contribution in [0.3, 0.4) is 0 Å². The number of anilines is 1. The zero-order valence-electron chi connectivity index (χ0n) is 15.5. The van der Waals surface area contributed by atoms with Gasteiger partial charge in [-0.05, 0) is 46.8 Å². The summed E-state index contributed by atoms with van der Waals surface area (Å²) in [5, 5.41) is 3.92. The SMILES string of the molecule is Cc1ccc2c(c1)C(=NNC(N)=O)C(=O)N2CCN(C(C)C)C(C)C. The van der Waals surface area contributed by atoms with Crippen molar-refractivity contribution in [1.82, 2.24) is 10.3 Å². The van der Waals surface area contributed by atoms with Gasteiger partial charge in [0, 0.05) is 30.7 Å². The van der Waals surface area contributed by atoms with Crippen molar-refractivity contribution in [1.29, 1.82) is 0 Å². The predicted octanol–water partition coefficient (Wildman–Crippen LogP) is 1.83. The van der Waals surface area contributed by atoms with Gasteiger partial charge >= 0.3 is 6.03 Å². The normalized spacial score (nSPS) is 15.6. The molecule has 0 fully saturated rings. The van der Waals surface area contributed by atoms with Gasteiger partial charge in [-0.25, -0.2) is 10.2 Å². The number of fused-ring (bicyclic) bond motifs is 1. The molecule has 1 aromatic carbocycles. The summed E-state index contributed by atoms with van der Waals surface area (Å²) in [6.07, 6.45) is 0. The van der Waals surface area contributed by atoms with Crippen LogP contribution in [-0.4, -0.2) is 47.7 Å². The van der Waals surface area contributed by atoms with E-state index in [-0.39, 0.29) is 11.6 Å². The van der Waals surface area contributed by atoms with Crippen LogP contribution in [0.1, 0.15) is 38.8 Å². The first-order chi connectivity index (χ1) is 11.7. The van der Waals surface area contributed by atoms with E-state index in [1.54, 1.807) is 4.90 Å². The molecule has 0 aromatic heterocycles. The fourth-order valence-corrected chi connectivity index (χ4v) is 3.20. The van der Waals surface area contributed by atoms with E-state index in [4.69, 9.17) is 5.73 Å². The maximum Gasteiger partial charge on any atom is 0.332 e. The van der Waals surface area contributed by atoms with Crippen molar-refractivity contribution in [3.8, 4) is 0 Å². The average molecular weight is 345 g/mol. The quantitative estimate of drug-likeness (QED) is 0.771. The molecule has 1 aliphatic heterocycles. The lowest BCUT2D eigenvalue weighted by molar-refractivity contribution is -0.112. The van der Waals surface area contributed by atoms with Crippen molar-refractivity contribution in [2.24, 2.45) is 10.8 Å². The Kier molecular flexibility index (Phi) is 5.79. The summed E-state index contributed by atoms with van der Waals surface area (Å²) in [6, 6.07) is 5.77. The number of nitrogens with two attached hydrogens (primary N) is 1. The number of benzene rings is 1. The van der Waals surface area contributed by atoms with Crippen molar-refractivity contribution in [3.63, 3.8) is 0 Å². The number of urea groups is 1. The molecule has 7 heteroatoms. The number of nitrogens with one attached hydrogen (secondary N) is 1. The number of carbonyl (C=O) groups excluding carboxylic acids is 2. The topological polar surface area (TPSA) is 91.0 Å². The minimum absolute atomic E-state index is 0.221. The van der Waals surface area contributed by atoms with E-state index in [9.17, 15) is 9.59 Å². The Bertz CT molecular complexity index is 689. The van der Waals surface area contributed by atoms with Crippen LogP contribution in [0.15, 0.2) is 23.3 Å². The summed E-state index contributed by atoms with van der Waals surface area (Å²) in [7, 11) is 0. The number of amides is 3. The molecule has 0 unspecified atom stereocenters. The fraction of sp³-hybridized carbons (Fsp3) is 0.500. The van der Waals surface area contributed by atoms with Gasteiger partial charge < -0.3 is 10.6 Å². The Morgan fingerprint density at radius 1 is 1.28 bits per heavy atom. The van der Waals surface area contributed by atoms with Crippen LogP contribution in [0.4, 0.5) is 10.5 Å². The summed E-state index contributed by atoms with van der Waals surface area (Å²) in [5.74, 6) is -0.221. The Hall–Kier alpha value is -2.41. The summed E-state index contributed by atoms with van der Waals surface area (Å²) in [6.45, 7) is 11.8. The molecule has 0 bridgehead atoms. The van der Waals surface area contributed by atoms with Crippen LogP contribution in [-0.2, 0) is 4.79 Å². The highest BCUT2D eigenvalue weighted by Gasteiger charge is 2.34. The number of hydrogen-bond donors (Lipinski definition) is 2. The smallest absolute Gasteiger partial charge is 0.332 e. The molecule has 0 aliphatic carbocycles. The van der Waals surface area contributed by atoms with E-state index in [1.807, 2.05) is 25.1 Å². The molecule has 3 amide bonds. The molecule has 7 nitrogen and oxygen atoms in total. The molecular formula is C18H27N5O2. The second-order valence-electron chi connectivity index (χ2n) is 6.84. The highest BCUT2D eigenvalue weighted by molar-refractivity contribution is 6.54. The van der Waals surface area contributed by atoms with E-state index in [0.717, 1.165) is 23.4 Å². The number of hydrogen-bond acceptors (Lipinski definition) is 4. The molecular weight excluding hydrogens is 318 g/mol. The first-order valence-electron chi connectivity index (χ1n) is 8.54. The molecule has 3 N–H and O–H groups in total. The van der Waals surface area contributed by atoms with E-state index < -0.39 is 6.03 Å². The van der Waals surface area contributed by atoms with Crippen molar-refractivity contribution >= 4 is 23.3 Å². The van der Waals surface area contributed by atoms with Crippen LogP contribution < -0.4 is 16.1 Å². The summed E-state index contributed by atoms with van der Waals surface area (Å²) < 4.78 is 0. The van der Waals surface area contributed by atoms with Gasteiger partial charge in [0.25, 0.3) is 5.91 Å². The van der Waals surface area contributed by atoms with Gasteiger partial charge in [-0.3, -0.25) is 9.69 Å². The number of hydrazone groups is 1. The number of rotatable bonds is 6. The number of primary amides is 1. The molecule has 0 spiro atoms. The Morgan fingerprint density at radius 2 is 1.92 bits per heavy atom. The molecule has 25 heavy (non-hydrogen) atoms. The van der Waals surface area contributed by atoms with Gasteiger partial charge in [0.05, 0.1) is 5.69 Å². The summed E-state index contributed by atoms with van der Waals surface area (Å²) in [4.78, 5) is 27.8. The van der Waals surface area contributed by atoms with E-state index in [1.165, 1.54) is 0 Å². The summed E-state index contributed by atoms with van der Waals surface area (Å²) in [5.41, 5.74) is 10.0. The van der Waals surface area contributed by atoms with Crippen molar-refractivity contribution in [3.05, 3.63) is 29.3 Å². The molecule has 1 heterocycles. The Balaban J connectivity index is 2.29. The van der Waals surface area contributed by atoms with E-state index >= 15 is 0 Å². The van der Waals surface area contributed by atoms with E-state index in [2.05, 4.69) is 43.1 Å². The third kappa shape index (κ3) is 4.17.